The van der Waals surface area contributed by atoms with Crippen LogP contribution in [0.5, 0.6) is 0 Å². The summed E-state index contributed by atoms with van der Waals surface area (Å²) >= 11 is 0. The van der Waals surface area contributed by atoms with E-state index < -0.39 is 21.4 Å². The first kappa shape index (κ1) is 30.9. The lowest BCUT2D eigenvalue weighted by molar-refractivity contribution is -0.218. The van der Waals surface area contributed by atoms with E-state index in [4.69, 9.17) is 0 Å². The van der Waals surface area contributed by atoms with Gasteiger partial charge in [0.15, 0.2) is 0 Å². The molecule has 0 radical (unpaired) electrons. The fourth-order valence-corrected chi connectivity index (χ4v) is 4.09. The molecule has 0 aromatic rings. The lowest BCUT2D eigenvalue weighted by atomic mass is 10.0. The highest BCUT2D eigenvalue weighted by Gasteiger charge is 2.45. The summed E-state index contributed by atoms with van der Waals surface area (Å²) in [5.74, 6) is -1.22. The summed E-state index contributed by atoms with van der Waals surface area (Å²) in [6, 6.07) is 0. The van der Waals surface area contributed by atoms with Gasteiger partial charge in [-0.25, -0.2) is 0 Å². The molecule has 0 bridgehead atoms. The smallest absolute Gasteiger partial charge is 0.518 e. The lowest BCUT2D eigenvalue weighted by Crippen LogP contribution is -2.26. The Morgan fingerprint density at radius 2 is 1.00 bits per heavy atom. The van der Waals surface area contributed by atoms with Gasteiger partial charge in [0.25, 0.3) is 0 Å². The monoisotopic (exact) mass is 482 g/mol. The second kappa shape index (κ2) is 19.4. The molecule has 0 saturated carbocycles. The van der Waals surface area contributed by atoms with Crippen LogP contribution in [0.15, 0.2) is 17.1 Å². The largest absolute Gasteiger partial charge is 0.861 e. The van der Waals surface area contributed by atoms with Crippen LogP contribution in [-0.2, 0) is 10.0 Å². The van der Waals surface area contributed by atoms with Crippen molar-refractivity contribution in [1.29, 1.82) is 0 Å². The summed E-state index contributed by atoms with van der Waals surface area (Å²) in [5, 5.41) is 11.2. The minimum atomic E-state index is -5.70. The molecule has 0 atom stereocenters. The van der Waals surface area contributed by atoms with Crippen molar-refractivity contribution in [3.05, 3.63) is 12.7 Å². The Labute approximate surface area is 193 Å². The predicted molar refractivity (Wildman–Crippen MR) is 125 cm³/mol. The SMILES string of the molecule is C=CCCCCCCCCCCCCCCCCCCCC/C([O-])=N/S(=O)(=O)C(F)(F)F. The van der Waals surface area contributed by atoms with Crippen LogP contribution in [0.25, 0.3) is 0 Å². The maximum Gasteiger partial charge on any atom is 0.518 e. The number of hydrogen-bond donors (Lipinski definition) is 0. The van der Waals surface area contributed by atoms with Crippen LogP contribution in [0.1, 0.15) is 128 Å². The highest BCUT2D eigenvalue weighted by atomic mass is 32.2. The Bertz CT molecular complexity index is 590. The number of nitrogens with zero attached hydrogens (tertiary/aromatic N) is 1. The van der Waals surface area contributed by atoms with E-state index in [1.54, 1.807) is 0 Å². The van der Waals surface area contributed by atoms with E-state index in [1.165, 1.54) is 83.5 Å². The predicted octanol–water partition coefficient (Wildman–Crippen LogP) is 7.58. The average molecular weight is 483 g/mol. The zero-order valence-electron chi connectivity index (χ0n) is 19.6. The quantitative estimate of drug-likeness (QED) is 0.0691. The fourth-order valence-electron chi connectivity index (χ4n) is 3.62. The van der Waals surface area contributed by atoms with Crippen LogP contribution >= 0.6 is 0 Å². The molecule has 0 N–H and O–H groups in total. The van der Waals surface area contributed by atoms with Crippen molar-refractivity contribution in [2.24, 2.45) is 4.40 Å². The van der Waals surface area contributed by atoms with Gasteiger partial charge in [-0.3, -0.25) is 0 Å². The summed E-state index contributed by atoms with van der Waals surface area (Å²) in [6.45, 7) is 3.74. The lowest BCUT2D eigenvalue weighted by Gasteiger charge is -2.11. The van der Waals surface area contributed by atoms with Crippen molar-refractivity contribution >= 4 is 15.9 Å². The molecule has 0 aliphatic carbocycles. The van der Waals surface area contributed by atoms with Gasteiger partial charge in [-0.1, -0.05) is 109 Å². The number of sulfonamides is 1. The zero-order valence-corrected chi connectivity index (χ0v) is 20.5. The van der Waals surface area contributed by atoms with Crippen molar-refractivity contribution in [3.8, 4) is 0 Å². The van der Waals surface area contributed by atoms with Gasteiger partial charge in [0.1, 0.15) is 0 Å². The van der Waals surface area contributed by atoms with Crippen LogP contribution < -0.4 is 5.11 Å². The molecule has 190 valence electrons. The maximum absolute atomic E-state index is 12.1. The van der Waals surface area contributed by atoms with E-state index in [-0.39, 0.29) is 6.42 Å². The van der Waals surface area contributed by atoms with Crippen molar-refractivity contribution < 1.29 is 26.7 Å². The Kier molecular flexibility index (Phi) is 18.8. The van der Waals surface area contributed by atoms with Crippen molar-refractivity contribution in [2.75, 3.05) is 0 Å². The van der Waals surface area contributed by atoms with Crippen molar-refractivity contribution in [3.63, 3.8) is 0 Å². The normalized spacial score (nSPS) is 12.9. The Balaban J connectivity index is 3.36. The number of allylic oxidation sites excluding steroid dienone is 1. The van der Waals surface area contributed by atoms with Gasteiger partial charge in [0.2, 0.25) is 0 Å². The molecule has 0 fully saturated rings. The van der Waals surface area contributed by atoms with E-state index in [0.29, 0.717) is 12.8 Å². The third-order valence-corrected chi connectivity index (χ3v) is 6.59. The molecule has 0 aromatic heterocycles. The van der Waals surface area contributed by atoms with Gasteiger partial charge in [-0.05, 0) is 31.6 Å². The highest BCUT2D eigenvalue weighted by molar-refractivity contribution is 7.91. The van der Waals surface area contributed by atoms with Gasteiger partial charge < -0.3 is 5.11 Å². The zero-order chi connectivity index (χ0) is 24.1. The van der Waals surface area contributed by atoms with Crippen LogP contribution in [0, 0.1) is 0 Å². The Morgan fingerprint density at radius 1 is 0.688 bits per heavy atom. The minimum absolute atomic E-state index is 0.259. The Hall–Kier alpha value is -1.05. The number of halogens is 3. The Morgan fingerprint density at radius 3 is 1.31 bits per heavy atom. The fraction of sp³-hybridized carbons (Fsp3) is 0.875. The number of rotatable bonds is 22. The van der Waals surface area contributed by atoms with Gasteiger partial charge in [-0.2, -0.15) is 26.0 Å². The topological polar surface area (TPSA) is 69.6 Å². The molecule has 0 amide bonds. The van der Waals surface area contributed by atoms with E-state index in [1.807, 2.05) is 6.08 Å². The third-order valence-electron chi connectivity index (χ3n) is 5.56. The minimum Gasteiger partial charge on any atom is -0.861 e. The van der Waals surface area contributed by atoms with E-state index in [9.17, 15) is 26.7 Å². The van der Waals surface area contributed by atoms with Gasteiger partial charge in [0, 0.05) is 0 Å². The van der Waals surface area contributed by atoms with Crippen LogP contribution in [0.3, 0.4) is 0 Å². The maximum atomic E-state index is 12.1. The summed E-state index contributed by atoms with van der Waals surface area (Å²) < 4.78 is 60.2. The molecule has 0 rings (SSSR count). The summed E-state index contributed by atoms with van der Waals surface area (Å²) in [4.78, 5) is 0. The summed E-state index contributed by atoms with van der Waals surface area (Å²) in [6.07, 6.45) is 24.0. The summed E-state index contributed by atoms with van der Waals surface area (Å²) in [7, 11) is -5.70. The van der Waals surface area contributed by atoms with E-state index in [0.717, 1.165) is 25.7 Å². The second-order valence-corrected chi connectivity index (χ2v) is 10.2. The van der Waals surface area contributed by atoms with Crippen molar-refractivity contribution in [2.45, 2.75) is 134 Å². The van der Waals surface area contributed by atoms with E-state index in [2.05, 4.69) is 11.0 Å². The second-order valence-electron chi connectivity index (χ2n) is 8.60. The van der Waals surface area contributed by atoms with Gasteiger partial charge >= 0.3 is 15.5 Å². The molecule has 0 aliphatic rings. The van der Waals surface area contributed by atoms with Crippen LogP contribution in [-0.4, -0.2) is 19.8 Å². The standard InChI is InChI=1S/C24H44F3NO3S/c1-2-3-4-5-6-7-8-9-10-11-12-13-14-15-16-17-18-19-20-21-22-23(29)28-32(30,31)24(25,26)27/h2H,1,3-22H2,(H,28,29)/p-1. The average Bonchev–Trinajstić information content (AvgIpc) is 2.71. The first-order valence-corrected chi connectivity index (χ1v) is 13.8. The number of hydrogen-bond acceptors (Lipinski definition) is 3. The molecule has 0 aromatic carbocycles. The van der Waals surface area contributed by atoms with E-state index >= 15 is 0 Å². The van der Waals surface area contributed by atoms with Crippen LogP contribution in [0.4, 0.5) is 13.2 Å². The molecule has 4 nitrogen and oxygen atoms in total. The first-order valence-electron chi connectivity index (χ1n) is 12.4. The molecule has 32 heavy (non-hydrogen) atoms. The molecule has 0 saturated heterocycles. The molecule has 0 heterocycles. The molecular weight excluding hydrogens is 439 g/mol. The molecule has 0 unspecified atom stereocenters. The van der Waals surface area contributed by atoms with Crippen molar-refractivity contribution in [1.82, 2.24) is 0 Å². The first-order chi connectivity index (χ1) is 15.2. The molecule has 0 aliphatic heterocycles. The third kappa shape index (κ3) is 18.5. The van der Waals surface area contributed by atoms with Crippen LogP contribution in [0.2, 0.25) is 0 Å². The summed E-state index contributed by atoms with van der Waals surface area (Å²) in [5.41, 5.74) is -5.51. The highest BCUT2D eigenvalue weighted by Crippen LogP contribution is 2.24. The molecule has 0 spiro atoms. The molecule has 8 heteroatoms. The molecular formula is C24H43F3NO3S-. The van der Waals surface area contributed by atoms with Gasteiger partial charge in [-0.15, -0.1) is 6.58 Å². The van der Waals surface area contributed by atoms with Gasteiger partial charge in [0.05, 0.1) is 0 Å². The number of alkyl halides is 3. The number of unbranched alkanes of at least 4 members (excludes halogenated alkanes) is 18.